The van der Waals surface area contributed by atoms with Gasteiger partial charge in [0, 0.05) is 35.0 Å². The van der Waals surface area contributed by atoms with Gasteiger partial charge in [-0.15, -0.1) is 11.8 Å². The lowest BCUT2D eigenvalue weighted by atomic mass is 10.2. The number of imide groups is 1. The zero-order chi connectivity index (χ0) is 18.5. The molecule has 8 nitrogen and oxygen atoms in total. The first-order chi connectivity index (χ1) is 11.1. The second kappa shape index (κ2) is 9.52. The van der Waals surface area contributed by atoms with Gasteiger partial charge in [0.2, 0.25) is 11.8 Å². The van der Waals surface area contributed by atoms with E-state index in [9.17, 15) is 19.2 Å². The predicted molar refractivity (Wildman–Crippen MR) is 105 cm³/mol. The maximum Gasteiger partial charge on any atom is 0.322 e. The van der Waals surface area contributed by atoms with Crippen LogP contribution in [-0.2, 0) is 23.9 Å². The van der Waals surface area contributed by atoms with E-state index in [1.54, 1.807) is 36.7 Å². The van der Waals surface area contributed by atoms with Gasteiger partial charge in [-0.05, 0) is 13.8 Å². The largest absolute Gasteiger partial charge is 0.480 e. The Labute approximate surface area is 171 Å². The van der Waals surface area contributed by atoms with Gasteiger partial charge in [0.25, 0.3) is 0 Å². The molecule has 2 N–H and O–H groups in total. The summed E-state index contributed by atoms with van der Waals surface area (Å²) in [6.45, 7) is 3.37. The Morgan fingerprint density at radius 2 is 2.12 bits per heavy atom. The molecule has 0 aromatic heterocycles. The zero-order valence-corrected chi connectivity index (χ0v) is 18.2. The molecule has 0 saturated carbocycles. The summed E-state index contributed by atoms with van der Waals surface area (Å²) in [5, 5.41) is 8.36. The number of esters is 1. The number of hydrogen-bond acceptors (Lipinski definition) is 7. The maximum absolute atomic E-state index is 12.2. The van der Waals surface area contributed by atoms with Crippen LogP contribution in [0.3, 0.4) is 0 Å². The van der Waals surface area contributed by atoms with E-state index in [1.165, 1.54) is 0 Å². The summed E-state index contributed by atoms with van der Waals surface area (Å²) in [7, 11) is 0. The molecule has 2 atom stereocenters. The molecule has 11 heteroatoms. The Morgan fingerprint density at radius 3 is 2.62 bits per heavy atom. The summed E-state index contributed by atoms with van der Waals surface area (Å²) in [6, 6.07) is -0.792. The first kappa shape index (κ1) is 21.9. The van der Waals surface area contributed by atoms with Crippen LogP contribution in [0.15, 0.2) is 0 Å². The van der Waals surface area contributed by atoms with Crippen molar-refractivity contribution < 1.29 is 29.0 Å². The van der Waals surface area contributed by atoms with E-state index in [2.05, 4.69) is 3.53 Å². The predicted octanol–water partition coefficient (Wildman–Crippen LogP) is 0.997. The lowest BCUT2D eigenvalue weighted by Crippen LogP contribution is -2.37. The van der Waals surface area contributed by atoms with Crippen molar-refractivity contribution in [3.8, 4) is 0 Å². The first-order valence-corrected chi connectivity index (χ1v) is 10.2. The van der Waals surface area contributed by atoms with Gasteiger partial charge in [-0.25, -0.2) is 3.53 Å². The SMILES string of the molecule is CC(C)(I)C(=O)OCCN1C(=O)CC(SCC(NI)C(=O)O)C1=O. The molecule has 0 spiro atoms. The number of nitrogens with one attached hydrogen (secondary N) is 1. The van der Waals surface area contributed by atoms with Crippen molar-refractivity contribution in [2.45, 2.75) is 35.0 Å². The molecular formula is C13H18I2N2O6S. The number of amides is 2. The van der Waals surface area contributed by atoms with E-state index in [-0.39, 0.29) is 37.1 Å². The Bertz CT molecular complexity index is 525. The number of carboxylic acids is 1. The first-order valence-electron chi connectivity index (χ1n) is 6.98. The summed E-state index contributed by atoms with van der Waals surface area (Å²) in [6.07, 6.45) is 0.0306. The monoisotopic (exact) mass is 584 g/mol. The molecule has 1 heterocycles. The molecule has 1 aliphatic rings. The molecule has 0 radical (unpaired) electrons. The van der Waals surface area contributed by atoms with Crippen LogP contribution >= 0.6 is 57.2 Å². The molecule has 0 bridgehead atoms. The minimum atomic E-state index is -1.01. The number of carbonyl (C=O) groups is 4. The third-order valence-electron chi connectivity index (χ3n) is 3.13. The number of ether oxygens (including phenoxy) is 1. The van der Waals surface area contributed by atoms with Gasteiger partial charge in [-0.1, -0.05) is 22.6 Å². The highest BCUT2D eigenvalue weighted by Gasteiger charge is 2.39. The Kier molecular flexibility index (Phi) is 8.68. The average Bonchev–Trinajstić information content (AvgIpc) is 2.73. The lowest BCUT2D eigenvalue weighted by molar-refractivity contribution is -0.148. The van der Waals surface area contributed by atoms with Crippen LogP contribution in [0.2, 0.25) is 0 Å². The number of thioether (sulfide) groups is 1. The molecule has 1 rings (SSSR count). The average molecular weight is 584 g/mol. The number of rotatable bonds is 9. The number of hydrogen-bond donors (Lipinski definition) is 2. The van der Waals surface area contributed by atoms with Crippen molar-refractivity contribution in [2.24, 2.45) is 0 Å². The fourth-order valence-corrected chi connectivity index (χ4v) is 3.90. The molecule has 1 fully saturated rings. The molecule has 24 heavy (non-hydrogen) atoms. The summed E-state index contributed by atoms with van der Waals surface area (Å²) in [4.78, 5) is 47.8. The van der Waals surface area contributed by atoms with E-state index in [0.717, 1.165) is 16.7 Å². The van der Waals surface area contributed by atoms with Gasteiger partial charge in [-0.2, -0.15) is 0 Å². The van der Waals surface area contributed by atoms with E-state index >= 15 is 0 Å². The van der Waals surface area contributed by atoms with Gasteiger partial charge < -0.3 is 9.84 Å². The van der Waals surface area contributed by atoms with Gasteiger partial charge in [-0.3, -0.25) is 24.1 Å². The van der Waals surface area contributed by atoms with E-state index < -0.39 is 26.7 Å². The van der Waals surface area contributed by atoms with Crippen molar-refractivity contribution in [1.82, 2.24) is 8.43 Å². The molecule has 1 saturated heterocycles. The number of aliphatic carboxylic acids is 1. The van der Waals surface area contributed by atoms with Crippen LogP contribution in [0.1, 0.15) is 20.3 Å². The Hall–Kier alpha value is -0.150. The van der Waals surface area contributed by atoms with E-state index in [1.807, 2.05) is 22.6 Å². The fourth-order valence-electron chi connectivity index (χ4n) is 1.78. The van der Waals surface area contributed by atoms with Gasteiger partial charge >= 0.3 is 11.9 Å². The van der Waals surface area contributed by atoms with Crippen LogP contribution in [0.4, 0.5) is 0 Å². The molecule has 136 valence electrons. The molecule has 2 amide bonds. The zero-order valence-electron chi connectivity index (χ0n) is 13.1. The smallest absolute Gasteiger partial charge is 0.322 e. The summed E-state index contributed by atoms with van der Waals surface area (Å²) in [5.74, 6) is -1.96. The highest BCUT2D eigenvalue weighted by Crippen LogP contribution is 2.26. The van der Waals surface area contributed by atoms with Crippen molar-refractivity contribution in [3.63, 3.8) is 0 Å². The second-order valence-electron chi connectivity index (χ2n) is 5.52. The standard InChI is InChI=1S/C13H18I2N2O6S/c1-13(2,14)12(22)23-4-3-17-9(18)5-8(10(17)19)24-6-7(16-15)11(20)21/h7-8,16H,3-6H2,1-2H3,(H,20,21). The number of alkyl halides is 1. The van der Waals surface area contributed by atoms with Crippen LogP contribution in [-0.4, -0.2) is 67.4 Å². The summed E-state index contributed by atoms with van der Waals surface area (Å²) >= 11 is 4.82. The summed E-state index contributed by atoms with van der Waals surface area (Å²) < 4.78 is 6.99. The maximum atomic E-state index is 12.2. The minimum absolute atomic E-state index is 0.0140. The highest BCUT2D eigenvalue weighted by molar-refractivity contribution is 14.1. The number of halogens is 2. The van der Waals surface area contributed by atoms with E-state index in [4.69, 9.17) is 9.84 Å². The molecular weight excluding hydrogens is 566 g/mol. The van der Waals surface area contributed by atoms with Gasteiger partial charge in [0.15, 0.2) is 0 Å². The topological polar surface area (TPSA) is 113 Å². The van der Waals surface area contributed by atoms with Crippen molar-refractivity contribution in [2.75, 3.05) is 18.9 Å². The quantitative estimate of drug-likeness (QED) is 0.136. The van der Waals surface area contributed by atoms with Crippen molar-refractivity contribution in [1.29, 1.82) is 0 Å². The second-order valence-corrected chi connectivity index (χ2v) is 10.1. The van der Waals surface area contributed by atoms with E-state index in [0.29, 0.717) is 0 Å². The number of carbonyl (C=O) groups excluding carboxylic acids is 3. The lowest BCUT2D eigenvalue weighted by Gasteiger charge is -2.18. The molecule has 1 aliphatic heterocycles. The third-order valence-corrected chi connectivity index (χ3v) is 5.62. The van der Waals surface area contributed by atoms with Crippen molar-refractivity contribution >= 4 is 81.0 Å². The number of carboxylic acid groups (broad SMARTS) is 1. The number of nitrogens with zero attached hydrogens (tertiary/aromatic N) is 1. The molecule has 0 aliphatic carbocycles. The van der Waals surface area contributed by atoms with Crippen LogP contribution in [0, 0.1) is 0 Å². The Morgan fingerprint density at radius 1 is 1.50 bits per heavy atom. The van der Waals surface area contributed by atoms with Crippen molar-refractivity contribution in [3.05, 3.63) is 0 Å². The van der Waals surface area contributed by atoms with Gasteiger partial charge in [0.05, 0.1) is 11.8 Å². The summed E-state index contributed by atoms with van der Waals surface area (Å²) in [5.41, 5.74) is 0. The van der Waals surface area contributed by atoms with Crippen LogP contribution in [0.25, 0.3) is 0 Å². The molecule has 0 aromatic rings. The molecule has 2 unspecified atom stereocenters. The fraction of sp³-hybridized carbons (Fsp3) is 0.692. The third kappa shape index (κ3) is 6.29. The highest BCUT2D eigenvalue weighted by atomic mass is 127. The number of likely N-dealkylation sites (tertiary alicyclic amines) is 1. The Balaban J connectivity index is 2.49. The van der Waals surface area contributed by atoms with Crippen LogP contribution in [0.5, 0.6) is 0 Å². The minimum Gasteiger partial charge on any atom is -0.480 e. The van der Waals surface area contributed by atoms with Gasteiger partial charge in [0.1, 0.15) is 16.1 Å². The van der Waals surface area contributed by atoms with Crippen LogP contribution < -0.4 is 3.53 Å². The molecule has 0 aromatic carbocycles. The normalized spacial score (nSPS) is 19.5.